The van der Waals surface area contributed by atoms with Crippen LogP contribution in [0.25, 0.3) is 10.9 Å². The molecule has 15 heteroatoms. The molecule has 1 aromatic carbocycles. The number of thiophene rings is 1. The molecule has 2 aromatic heterocycles. The third kappa shape index (κ3) is 8.08. The van der Waals surface area contributed by atoms with E-state index in [1.807, 2.05) is 44.2 Å². The minimum atomic E-state index is -3.95. The third-order valence-corrected chi connectivity index (χ3v) is 15.7. The number of sulfonamides is 1. The zero-order valence-electron chi connectivity index (χ0n) is 33.5. The fourth-order valence-corrected chi connectivity index (χ4v) is 10.4. The van der Waals surface area contributed by atoms with Gasteiger partial charge in [0.1, 0.15) is 29.7 Å². The Bertz CT molecular complexity index is 2280. The number of nitrogens with zero attached hydrogens (tertiary/aromatic N) is 2. The van der Waals surface area contributed by atoms with Crippen LogP contribution >= 0.6 is 11.3 Å². The number of allylic oxidation sites excluding steroid dienone is 2. The van der Waals surface area contributed by atoms with Gasteiger partial charge in [0.25, 0.3) is 5.91 Å². The molecule has 0 spiro atoms. The smallest absolute Gasteiger partial charge is 0.262 e. The summed E-state index contributed by atoms with van der Waals surface area (Å²) in [7, 11) is -2.36. The number of pyridine rings is 1. The molecule has 3 saturated carbocycles. The van der Waals surface area contributed by atoms with Crippen molar-refractivity contribution in [1.29, 1.82) is 0 Å². The molecule has 3 aromatic rings. The lowest BCUT2D eigenvalue weighted by atomic mass is 9.91. The average Bonchev–Trinajstić information content (AvgIpc) is 4.15. The van der Waals surface area contributed by atoms with Gasteiger partial charge in [-0.15, -0.1) is 11.3 Å². The van der Waals surface area contributed by atoms with Gasteiger partial charge in [-0.2, -0.15) is 0 Å². The van der Waals surface area contributed by atoms with Crippen LogP contribution in [0.1, 0.15) is 104 Å². The number of benzene rings is 1. The summed E-state index contributed by atoms with van der Waals surface area (Å²) < 4.78 is 46.3. The van der Waals surface area contributed by atoms with E-state index in [-0.39, 0.29) is 43.1 Å². The van der Waals surface area contributed by atoms with Crippen LogP contribution in [-0.2, 0) is 24.4 Å². The monoisotopic (exact) mass is 832 g/mol. The zero-order chi connectivity index (χ0) is 41.0. The number of rotatable bonds is 10. The number of carbonyl (C=O) groups is 4. The van der Waals surface area contributed by atoms with Gasteiger partial charge in [0.15, 0.2) is 5.78 Å². The maximum absolute atomic E-state index is 14.8. The van der Waals surface area contributed by atoms with Crippen LogP contribution in [-0.4, -0.2) is 84.5 Å². The van der Waals surface area contributed by atoms with Crippen LogP contribution < -0.4 is 24.2 Å². The molecule has 58 heavy (non-hydrogen) atoms. The molecule has 1 saturated heterocycles. The van der Waals surface area contributed by atoms with Crippen molar-refractivity contribution in [3.63, 3.8) is 0 Å². The minimum absolute atomic E-state index is 0.0484. The molecule has 13 nitrogen and oxygen atoms in total. The minimum Gasteiger partial charge on any atom is -0.496 e. The van der Waals surface area contributed by atoms with Gasteiger partial charge >= 0.3 is 0 Å². The fraction of sp³-hybridized carbons (Fsp3) is 0.558. The molecular formula is C43H52N4O9S2. The number of ether oxygens (including phenoxy) is 3. The molecule has 0 unspecified atom stereocenters. The predicted octanol–water partition coefficient (Wildman–Crippen LogP) is 6.09. The van der Waals surface area contributed by atoms with Crippen LogP contribution in [0.5, 0.6) is 17.4 Å². The van der Waals surface area contributed by atoms with Gasteiger partial charge in [0.05, 0.1) is 40.3 Å². The Balaban J connectivity index is 1.13. The Hall–Kier alpha value is -4.50. The van der Waals surface area contributed by atoms with E-state index in [0.29, 0.717) is 65.3 Å². The summed E-state index contributed by atoms with van der Waals surface area (Å²) in [6, 6.07) is 7.16. The van der Waals surface area contributed by atoms with Crippen molar-refractivity contribution in [2.75, 3.05) is 13.7 Å². The number of amides is 3. The number of hydrogen-bond acceptors (Lipinski definition) is 11. The Morgan fingerprint density at radius 2 is 1.78 bits per heavy atom. The van der Waals surface area contributed by atoms with Crippen LogP contribution in [0, 0.1) is 25.2 Å². The number of aryl methyl sites for hydroxylation is 2. The first-order chi connectivity index (χ1) is 27.7. The van der Waals surface area contributed by atoms with Crippen molar-refractivity contribution in [1.82, 2.24) is 19.9 Å². The number of carbonyl (C=O) groups excluding carboxylic acids is 4. The van der Waals surface area contributed by atoms with E-state index in [1.54, 1.807) is 26.2 Å². The molecule has 3 amide bonds. The van der Waals surface area contributed by atoms with E-state index < -0.39 is 50.2 Å². The van der Waals surface area contributed by atoms with Crippen molar-refractivity contribution in [3.8, 4) is 17.4 Å². The second-order valence-corrected chi connectivity index (χ2v) is 20.5. The summed E-state index contributed by atoms with van der Waals surface area (Å²) in [5.74, 6) is -0.553. The van der Waals surface area contributed by atoms with E-state index in [0.717, 1.165) is 42.5 Å². The van der Waals surface area contributed by atoms with E-state index >= 15 is 0 Å². The van der Waals surface area contributed by atoms with Crippen molar-refractivity contribution >= 4 is 55.8 Å². The summed E-state index contributed by atoms with van der Waals surface area (Å²) in [5, 5.41) is 3.71. The van der Waals surface area contributed by atoms with Crippen LogP contribution in [0.15, 0.2) is 42.5 Å². The van der Waals surface area contributed by atoms with Crippen molar-refractivity contribution in [2.24, 2.45) is 11.3 Å². The molecule has 2 N–H and O–H groups in total. The summed E-state index contributed by atoms with van der Waals surface area (Å²) in [6.45, 7) is 5.49. The first kappa shape index (κ1) is 40.3. The topological polar surface area (TPSA) is 170 Å². The number of aromatic nitrogens is 1. The first-order valence-corrected chi connectivity index (χ1v) is 22.8. The molecule has 5 atom stereocenters. The molecule has 3 aliphatic carbocycles. The van der Waals surface area contributed by atoms with Gasteiger partial charge in [-0.3, -0.25) is 23.9 Å². The summed E-state index contributed by atoms with van der Waals surface area (Å²) in [5.41, 5.74) is 0.191. The molecule has 4 fully saturated rings. The summed E-state index contributed by atoms with van der Waals surface area (Å²) in [6.07, 6.45) is 9.77. The van der Waals surface area contributed by atoms with Gasteiger partial charge in [-0.1, -0.05) is 25.0 Å². The van der Waals surface area contributed by atoms with E-state index in [9.17, 15) is 27.6 Å². The fourth-order valence-electron chi connectivity index (χ4n) is 8.35. The Morgan fingerprint density at radius 3 is 2.48 bits per heavy atom. The van der Waals surface area contributed by atoms with E-state index in [4.69, 9.17) is 19.2 Å². The molecule has 310 valence electrons. The molecule has 5 aliphatic rings. The predicted molar refractivity (Wildman–Crippen MR) is 219 cm³/mol. The second kappa shape index (κ2) is 15.6. The molecule has 0 bridgehead atoms. The largest absolute Gasteiger partial charge is 0.496 e. The molecule has 0 radical (unpaired) electrons. The van der Waals surface area contributed by atoms with Gasteiger partial charge in [-0.05, 0) is 102 Å². The third-order valence-electron chi connectivity index (χ3n) is 12.6. The van der Waals surface area contributed by atoms with Gasteiger partial charge in [0.2, 0.25) is 27.7 Å². The number of Topliss-reactive ketones (excluding diaryl/α,β-unsaturated/α-hetero) is 1. The number of nitrogens with one attached hydrogen (secondary N) is 2. The quantitative estimate of drug-likeness (QED) is 0.228. The standard InChI is InChI=1S/C43H52N4O9S2/c1-25-12-17-36(57-25)39(49)44-31-11-9-7-5-6-8-10-27-22-43(27,41(51)46-58(52,53)42(3)18-19-42)23-33(48)32-20-29(24-47(32)40(31)50)55-35-21-37(56-28-13-14-28)45-38-26(2)34(54-4)16-15-30(35)38/h8,10,12,15-17,21,27-29,31-32H,5-7,9,11,13-14,18-20,22-24H2,1-4H3,(H,44,49)(H,46,51)/b10-8-/t27-,29-,31+,32+,43-/m1/s1. The van der Waals surface area contributed by atoms with Crippen molar-refractivity contribution in [2.45, 2.75) is 127 Å². The van der Waals surface area contributed by atoms with Crippen LogP contribution in [0.3, 0.4) is 0 Å². The summed E-state index contributed by atoms with van der Waals surface area (Å²) in [4.78, 5) is 64.8. The van der Waals surface area contributed by atoms with E-state index in [2.05, 4.69) is 10.0 Å². The highest BCUT2D eigenvalue weighted by Gasteiger charge is 2.62. The first-order valence-electron chi connectivity index (χ1n) is 20.5. The van der Waals surface area contributed by atoms with Gasteiger partial charge < -0.3 is 24.4 Å². The van der Waals surface area contributed by atoms with Crippen molar-refractivity contribution < 1.29 is 41.8 Å². The van der Waals surface area contributed by atoms with Crippen molar-refractivity contribution in [3.05, 3.63) is 57.8 Å². The molecular weight excluding hydrogens is 781 g/mol. The Kier molecular flexibility index (Phi) is 10.8. The number of methoxy groups -OCH3 is 1. The lowest BCUT2D eigenvalue weighted by Crippen LogP contribution is -2.52. The lowest BCUT2D eigenvalue weighted by Gasteiger charge is -2.29. The highest BCUT2D eigenvalue weighted by Crippen LogP contribution is 2.57. The van der Waals surface area contributed by atoms with Crippen LogP contribution in [0.2, 0.25) is 0 Å². The highest BCUT2D eigenvalue weighted by atomic mass is 32.2. The summed E-state index contributed by atoms with van der Waals surface area (Å²) >= 11 is 1.34. The Labute approximate surface area is 343 Å². The number of fused-ring (bicyclic) bond motifs is 3. The highest BCUT2D eigenvalue weighted by molar-refractivity contribution is 7.91. The molecule has 4 heterocycles. The van der Waals surface area contributed by atoms with Gasteiger partial charge in [-0.25, -0.2) is 13.4 Å². The zero-order valence-corrected chi connectivity index (χ0v) is 35.1. The second-order valence-electron chi connectivity index (χ2n) is 17.0. The maximum atomic E-state index is 14.8. The SMILES string of the molecule is COc1ccc2c(O[C@@H]3C[C@H]4C(=O)C[C@]5(C(=O)NS(=O)(=O)C6(C)CC6)C[C@H]5/C=C\CCCCC[C@H](NC(=O)c5ccc(C)s5)C(=O)N4C3)cc(OC3CC3)nc2c1C. The lowest BCUT2D eigenvalue weighted by molar-refractivity contribution is -0.140. The normalized spacial score (nSPS) is 27.7. The molecule has 2 aliphatic heterocycles. The maximum Gasteiger partial charge on any atom is 0.262 e. The van der Waals surface area contributed by atoms with Gasteiger partial charge in [0, 0.05) is 34.7 Å². The number of hydrogen-bond donors (Lipinski definition) is 2. The molecule has 8 rings (SSSR count). The Morgan fingerprint density at radius 1 is 0.983 bits per heavy atom. The van der Waals surface area contributed by atoms with E-state index in [1.165, 1.54) is 16.2 Å². The number of ketones is 1. The average molecular weight is 833 g/mol. The van der Waals surface area contributed by atoms with Crippen LogP contribution in [0.4, 0.5) is 0 Å².